The van der Waals surface area contributed by atoms with Crippen molar-refractivity contribution in [2.45, 2.75) is 18.7 Å². The summed E-state index contributed by atoms with van der Waals surface area (Å²) in [6.07, 6.45) is 0. The molecule has 0 aliphatic heterocycles. The molecule has 12 heteroatoms. The number of nitrogens with zero attached hydrogens (tertiary/aromatic N) is 3. The molecule has 0 aliphatic carbocycles. The number of nitro groups is 1. The van der Waals surface area contributed by atoms with Crippen LogP contribution in [0.3, 0.4) is 0 Å². The van der Waals surface area contributed by atoms with Crippen molar-refractivity contribution in [3.63, 3.8) is 0 Å². The van der Waals surface area contributed by atoms with Gasteiger partial charge in [0.15, 0.2) is 0 Å². The maximum Gasteiger partial charge on any atom is 0.283 e. The van der Waals surface area contributed by atoms with Crippen molar-refractivity contribution in [3.8, 4) is 0 Å². The second-order valence-corrected chi connectivity index (χ2v) is 8.56. The van der Waals surface area contributed by atoms with E-state index in [0.717, 1.165) is 6.07 Å². The highest BCUT2D eigenvalue weighted by Gasteiger charge is 2.21. The SMILES string of the molecule is Cc1cc(NS(=O)(=O)c2ccc(NC(=O)c3ccc(Cl)cc3[N+](=O)[O-])cc2)nc(C)n1. The van der Waals surface area contributed by atoms with E-state index in [-0.39, 0.29) is 27.0 Å². The quantitative estimate of drug-likeness (QED) is 0.420. The van der Waals surface area contributed by atoms with Gasteiger partial charge in [0.25, 0.3) is 21.6 Å². The Hall–Kier alpha value is -3.57. The molecule has 0 unspecified atom stereocenters. The number of hydrogen-bond donors (Lipinski definition) is 2. The van der Waals surface area contributed by atoms with Gasteiger partial charge in [-0.25, -0.2) is 18.4 Å². The fourth-order valence-electron chi connectivity index (χ4n) is 2.73. The largest absolute Gasteiger partial charge is 0.322 e. The van der Waals surface area contributed by atoms with Gasteiger partial charge >= 0.3 is 0 Å². The third-order valence-corrected chi connectivity index (χ3v) is 5.63. The van der Waals surface area contributed by atoms with Crippen LogP contribution in [0.2, 0.25) is 5.02 Å². The zero-order chi connectivity index (χ0) is 22.8. The van der Waals surface area contributed by atoms with Crippen molar-refractivity contribution in [1.82, 2.24) is 9.97 Å². The number of sulfonamides is 1. The summed E-state index contributed by atoms with van der Waals surface area (Å²) in [6.45, 7) is 3.36. The number of carbonyl (C=O) groups is 1. The van der Waals surface area contributed by atoms with Crippen molar-refractivity contribution in [2.24, 2.45) is 0 Å². The number of benzene rings is 2. The van der Waals surface area contributed by atoms with Gasteiger partial charge in [0, 0.05) is 28.5 Å². The lowest BCUT2D eigenvalue weighted by Gasteiger charge is -2.10. The van der Waals surface area contributed by atoms with Crippen molar-refractivity contribution in [2.75, 3.05) is 10.0 Å². The van der Waals surface area contributed by atoms with Crippen LogP contribution in [0.1, 0.15) is 21.9 Å². The fourth-order valence-corrected chi connectivity index (χ4v) is 3.89. The summed E-state index contributed by atoms with van der Waals surface area (Å²) in [4.78, 5) is 31.0. The van der Waals surface area contributed by atoms with Crippen LogP contribution in [0.15, 0.2) is 53.4 Å². The van der Waals surface area contributed by atoms with Crippen LogP contribution in [0.5, 0.6) is 0 Å². The third kappa shape index (κ3) is 5.32. The van der Waals surface area contributed by atoms with Crippen molar-refractivity contribution in [3.05, 3.63) is 80.7 Å². The minimum absolute atomic E-state index is 0.0584. The minimum atomic E-state index is -3.92. The highest BCUT2D eigenvalue weighted by Crippen LogP contribution is 2.25. The lowest BCUT2D eigenvalue weighted by molar-refractivity contribution is -0.385. The first-order valence-electron chi connectivity index (χ1n) is 8.75. The summed E-state index contributed by atoms with van der Waals surface area (Å²) >= 11 is 5.75. The average molecular weight is 462 g/mol. The summed E-state index contributed by atoms with van der Waals surface area (Å²) in [5, 5.41) is 13.8. The summed E-state index contributed by atoms with van der Waals surface area (Å²) in [5.41, 5.74) is 0.243. The Morgan fingerprint density at radius 1 is 1.06 bits per heavy atom. The Morgan fingerprint density at radius 3 is 2.35 bits per heavy atom. The van der Waals surface area contributed by atoms with E-state index in [0.29, 0.717) is 11.5 Å². The first-order valence-corrected chi connectivity index (χ1v) is 10.6. The molecule has 0 saturated carbocycles. The van der Waals surface area contributed by atoms with Crippen LogP contribution < -0.4 is 10.0 Å². The number of rotatable bonds is 6. The van der Waals surface area contributed by atoms with Gasteiger partial charge in [0.05, 0.1) is 9.82 Å². The van der Waals surface area contributed by atoms with Crippen LogP contribution in [-0.2, 0) is 10.0 Å². The van der Waals surface area contributed by atoms with Gasteiger partial charge in [-0.3, -0.25) is 19.6 Å². The maximum absolute atomic E-state index is 12.6. The van der Waals surface area contributed by atoms with Crippen LogP contribution in [0, 0.1) is 24.0 Å². The monoisotopic (exact) mass is 461 g/mol. The maximum atomic E-state index is 12.6. The summed E-state index contributed by atoms with van der Waals surface area (Å²) in [5.74, 6) is -0.173. The molecule has 10 nitrogen and oxygen atoms in total. The molecule has 1 amide bonds. The second kappa shape index (κ2) is 8.66. The molecule has 0 saturated heterocycles. The first kappa shape index (κ1) is 22.1. The smallest absolute Gasteiger partial charge is 0.283 e. The normalized spacial score (nSPS) is 11.1. The lowest BCUT2D eigenvalue weighted by Crippen LogP contribution is -2.16. The molecular weight excluding hydrogens is 446 g/mol. The van der Waals surface area contributed by atoms with Gasteiger partial charge in [0.2, 0.25) is 0 Å². The molecule has 0 radical (unpaired) electrons. The van der Waals surface area contributed by atoms with Crippen LogP contribution in [-0.4, -0.2) is 29.2 Å². The number of carbonyl (C=O) groups excluding carboxylic acids is 1. The topological polar surface area (TPSA) is 144 Å². The number of aryl methyl sites for hydroxylation is 2. The summed E-state index contributed by atoms with van der Waals surface area (Å²) in [7, 11) is -3.92. The van der Waals surface area contributed by atoms with E-state index in [1.165, 1.54) is 42.5 Å². The molecule has 0 atom stereocenters. The Labute approximate surface area is 182 Å². The van der Waals surface area contributed by atoms with Crippen LogP contribution in [0.25, 0.3) is 0 Å². The number of nitro benzene ring substituents is 1. The van der Waals surface area contributed by atoms with Gasteiger partial charge in [-0.05, 0) is 50.2 Å². The van der Waals surface area contributed by atoms with Crippen molar-refractivity contribution in [1.29, 1.82) is 0 Å². The van der Waals surface area contributed by atoms with Gasteiger partial charge < -0.3 is 5.32 Å². The zero-order valence-electron chi connectivity index (χ0n) is 16.3. The van der Waals surface area contributed by atoms with E-state index in [1.54, 1.807) is 13.8 Å². The zero-order valence-corrected chi connectivity index (χ0v) is 17.9. The standard InChI is InChI=1S/C19H16ClN5O5S/c1-11-9-18(22-12(2)21-11)24-31(29,30)15-6-4-14(5-7-15)23-19(26)16-8-3-13(20)10-17(16)25(27)28/h3-10H,1-2H3,(H,23,26)(H,21,22,24). The molecule has 2 aromatic carbocycles. The Balaban J connectivity index is 1.78. The lowest BCUT2D eigenvalue weighted by atomic mass is 10.1. The number of nitrogens with one attached hydrogen (secondary N) is 2. The average Bonchev–Trinajstić information content (AvgIpc) is 2.67. The Bertz CT molecular complexity index is 1260. The van der Waals surface area contributed by atoms with E-state index in [4.69, 9.17) is 11.6 Å². The Kier molecular flexibility index (Phi) is 6.18. The predicted octanol–water partition coefficient (Wildman–Crippen LogP) is 3.71. The van der Waals surface area contributed by atoms with Crippen LogP contribution in [0.4, 0.5) is 17.2 Å². The number of halogens is 1. The van der Waals surface area contributed by atoms with E-state index < -0.39 is 26.5 Å². The number of anilines is 2. The van der Waals surface area contributed by atoms with E-state index in [1.807, 2.05) is 0 Å². The van der Waals surface area contributed by atoms with Crippen LogP contribution >= 0.6 is 11.6 Å². The predicted molar refractivity (Wildman–Crippen MR) is 115 cm³/mol. The van der Waals surface area contributed by atoms with E-state index >= 15 is 0 Å². The fraction of sp³-hybridized carbons (Fsp3) is 0.105. The number of hydrogen-bond acceptors (Lipinski definition) is 7. The van der Waals surface area contributed by atoms with E-state index in [9.17, 15) is 23.3 Å². The molecule has 3 rings (SSSR count). The number of amides is 1. The molecule has 1 aromatic heterocycles. The molecule has 2 N–H and O–H groups in total. The molecule has 160 valence electrons. The van der Waals surface area contributed by atoms with Gasteiger partial charge in [-0.2, -0.15) is 0 Å². The molecule has 0 spiro atoms. The molecule has 0 fully saturated rings. The number of aromatic nitrogens is 2. The third-order valence-electron chi connectivity index (χ3n) is 4.03. The Morgan fingerprint density at radius 2 is 1.74 bits per heavy atom. The minimum Gasteiger partial charge on any atom is -0.322 e. The second-order valence-electron chi connectivity index (χ2n) is 6.44. The van der Waals surface area contributed by atoms with Crippen molar-refractivity contribution >= 4 is 44.7 Å². The summed E-state index contributed by atoms with van der Waals surface area (Å²) in [6, 6.07) is 10.5. The highest BCUT2D eigenvalue weighted by molar-refractivity contribution is 7.92. The molecule has 31 heavy (non-hydrogen) atoms. The first-order chi connectivity index (χ1) is 14.5. The molecular formula is C19H16ClN5O5S. The molecule has 0 aliphatic rings. The molecule has 3 aromatic rings. The molecule has 1 heterocycles. The highest BCUT2D eigenvalue weighted by atomic mass is 35.5. The molecule has 0 bridgehead atoms. The van der Waals surface area contributed by atoms with Gasteiger partial charge in [0.1, 0.15) is 17.2 Å². The van der Waals surface area contributed by atoms with Crippen molar-refractivity contribution < 1.29 is 18.1 Å². The van der Waals surface area contributed by atoms with Gasteiger partial charge in [-0.1, -0.05) is 11.6 Å². The van der Waals surface area contributed by atoms with E-state index in [2.05, 4.69) is 20.0 Å². The summed E-state index contributed by atoms with van der Waals surface area (Å²) < 4.78 is 27.5. The van der Waals surface area contributed by atoms with Gasteiger partial charge in [-0.15, -0.1) is 0 Å².